The van der Waals surface area contributed by atoms with Crippen LogP contribution in [0.2, 0.25) is 0 Å². The average Bonchev–Trinajstić information content (AvgIpc) is 2.99. The molecule has 0 aromatic heterocycles. The SMILES string of the molecule is O=C(Nc1ccc(N2CCN(C(=O)Nc3ccccc3F)CC2)c(C(=O)N2CCCCC2)c1)c1ccccc1. The predicted molar refractivity (Wildman–Crippen MR) is 150 cm³/mol. The minimum absolute atomic E-state index is 0.0553. The number of benzene rings is 3. The number of piperidine rings is 1. The van der Waals surface area contributed by atoms with E-state index in [-0.39, 0.29) is 23.5 Å². The molecule has 3 aromatic carbocycles. The Hall–Kier alpha value is -4.40. The lowest BCUT2D eigenvalue weighted by Gasteiger charge is -2.37. The smallest absolute Gasteiger partial charge is 0.322 e. The topological polar surface area (TPSA) is 85.0 Å². The van der Waals surface area contributed by atoms with Gasteiger partial charge in [-0.3, -0.25) is 9.59 Å². The Bertz CT molecular complexity index is 1340. The van der Waals surface area contributed by atoms with Crippen LogP contribution in [-0.4, -0.2) is 66.9 Å². The summed E-state index contributed by atoms with van der Waals surface area (Å²) in [6.07, 6.45) is 3.06. The fourth-order valence-electron chi connectivity index (χ4n) is 5.03. The van der Waals surface area contributed by atoms with E-state index in [0.717, 1.165) is 24.9 Å². The summed E-state index contributed by atoms with van der Waals surface area (Å²) in [5.74, 6) is -0.778. The molecule has 9 heteroatoms. The first-order valence-electron chi connectivity index (χ1n) is 13.3. The highest BCUT2D eigenvalue weighted by Gasteiger charge is 2.27. The van der Waals surface area contributed by atoms with Crippen molar-refractivity contribution >= 4 is 34.9 Å². The van der Waals surface area contributed by atoms with Gasteiger partial charge in [0.25, 0.3) is 11.8 Å². The van der Waals surface area contributed by atoms with Crippen molar-refractivity contribution in [1.82, 2.24) is 9.80 Å². The fraction of sp³-hybridized carbons (Fsp3) is 0.300. The Morgan fingerprint density at radius 2 is 1.38 bits per heavy atom. The lowest BCUT2D eigenvalue weighted by Crippen LogP contribution is -2.50. The Labute approximate surface area is 227 Å². The molecule has 0 spiro atoms. The first-order valence-corrected chi connectivity index (χ1v) is 13.3. The molecule has 3 aromatic rings. The fourth-order valence-corrected chi connectivity index (χ4v) is 5.03. The Morgan fingerprint density at radius 1 is 0.692 bits per heavy atom. The molecular weight excluding hydrogens is 497 g/mol. The maximum absolute atomic E-state index is 14.0. The van der Waals surface area contributed by atoms with Crippen LogP contribution in [0, 0.1) is 5.82 Å². The van der Waals surface area contributed by atoms with Crippen LogP contribution in [0.4, 0.5) is 26.2 Å². The molecule has 0 atom stereocenters. The number of hydrogen-bond acceptors (Lipinski definition) is 4. The number of likely N-dealkylation sites (tertiary alicyclic amines) is 1. The van der Waals surface area contributed by atoms with Crippen molar-refractivity contribution in [2.24, 2.45) is 0 Å². The maximum atomic E-state index is 14.0. The van der Waals surface area contributed by atoms with Crippen molar-refractivity contribution in [3.05, 3.63) is 89.7 Å². The van der Waals surface area contributed by atoms with Gasteiger partial charge in [0.15, 0.2) is 0 Å². The molecule has 0 aliphatic carbocycles. The van der Waals surface area contributed by atoms with E-state index in [9.17, 15) is 18.8 Å². The van der Waals surface area contributed by atoms with Gasteiger partial charge in [0.05, 0.1) is 11.3 Å². The summed E-state index contributed by atoms with van der Waals surface area (Å²) in [6, 6.07) is 20.1. The second-order valence-electron chi connectivity index (χ2n) is 9.79. The number of piperazine rings is 1. The van der Waals surface area contributed by atoms with Gasteiger partial charge in [0.1, 0.15) is 5.82 Å². The van der Waals surface area contributed by atoms with Crippen LogP contribution in [0.15, 0.2) is 72.8 Å². The van der Waals surface area contributed by atoms with E-state index in [1.807, 2.05) is 17.0 Å². The van der Waals surface area contributed by atoms with Crippen molar-refractivity contribution in [3.63, 3.8) is 0 Å². The maximum Gasteiger partial charge on any atom is 0.322 e. The normalized spacial score (nSPS) is 15.6. The Morgan fingerprint density at radius 3 is 2.10 bits per heavy atom. The molecule has 39 heavy (non-hydrogen) atoms. The Balaban J connectivity index is 1.32. The van der Waals surface area contributed by atoms with Gasteiger partial charge in [0, 0.05) is 56.2 Å². The van der Waals surface area contributed by atoms with Crippen LogP contribution >= 0.6 is 0 Å². The number of carbonyl (C=O) groups excluding carboxylic acids is 3. The summed E-state index contributed by atoms with van der Waals surface area (Å²) in [5.41, 5.74) is 2.54. The number of rotatable bonds is 5. The van der Waals surface area contributed by atoms with E-state index in [2.05, 4.69) is 15.5 Å². The summed E-state index contributed by atoms with van der Waals surface area (Å²) in [5, 5.41) is 5.56. The minimum atomic E-state index is -0.482. The van der Waals surface area contributed by atoms with Crippen LogP contribution in [0.25, 0.3) is 0 Å². The van der Waals surface area contributed by atoms with Gasteiger partial charge in [-0.1, -0.05) is 30.3 Å². The number of nitrogens with one attached hydrogen (secondary N) is 2. The Kier molecular flexibility index (Phi) is 8.05. The van der Waals surface area contributed by atoms with Crippen molar-refractivity contribution < 1.29 is 18.8 Å². The molecule has 0 saturated carbocycles. The largest absolute Gasteiger partial charge is 0.367 e. The standard InChI is InChI=1S/C30H32FN5O3/c31-25-11-5-6-12-26(25)33-30(39)36-19-17-34(18-20-36)27-14-13-23(32-28(37)22-9-3-1-4-10-22)21-24(27)29(38)35-15-7-2-8-16-35/h1,3-6,9-14,21H,2,7-8,15-20H2,(H,32,37)(H,33,39). The zero-order valence-electron chi connectivity index (χ0n) is 21.7. The summed E-state index contributed by atoms with van der Waals surface area (Å²) in [4.78, 5) is 44.8. The van der Waals surface area contributed by atoms with Crippen LogP contribution in [0.3, 0.4) is 0 Å². The zero-order chi connectivity index (χ0) is 27.2. The molecule has 0 radical (unpaired) electrons. The van der Waals surface area contributed by atoms with Gasteiger partial charge in [-0.2, -0.15) is 0 Å². The number of carbonyl (C=O) groups is 3. The summed E-state index contributed by atoms with van der Waals surface area (Å²) < 4.78 is 14.0. The number of halogens is 1. The first-order chi connectivity index (χ1) is 19.0. The van der Waals surface area contributed by atoms with E-state index < -0.39 is 5.82 Å². The van der Waals surface area contributed by atoms with Crippen molar-refractivity contribution in [3.8, 4) is 0 Å². The van der Waals surface area contributed by atoms with Crippen molar-refractivity contribution in [2.75, 3.05) is 54.8 Å². The van der Waals surface area contributed by atoms with Crippen LogP contribution < -0.4 is 15.5 Å². The highest BCUT2D eigenvalue weighted by Crippen LogP contribution is 2.28. The van der Waals surface area contributed by atoms with Crippen LogP contribution in [-0.2, 0) is 0 Å². The third-order valence-electron chi connectivity index (χ3n) is 7.19. The number of nitrogens with zero attached hydrogens (tertiary/aromatic N) is 3. The van der Waals surface area contributed by atoms with E-state index in [4.69, 9.17) is 0 Å². The molecule has 2 aliphatic heterocycles. The number of urea groups is 1. The third kappa shape index (κ3) is 6.19. The molecule has 2 N–H and O–H groups in total. The molecule has 0 unspecified atom stereocenters. The van der Waals surface area contributed by atoms with Gasteiger partial charge in [-0.15, -0.1) is 0 Å². The minimum Gasteiger partial charge on any atom is -0.367 e. The number of amides is 4. The quantitative estimate of drug-likeness (QED) is 0.484. The number of para-hydroxylation sites is 1. The zero-order valence-corrected chi connectivity index (χ0v) is 21.7. The predicted octanol–water partition coefficient (Wildman–Crippen LogP) is 5.06. The lowest BCUT2D eigenvalue weighted by atomic mass is 10.1. The van der Waals surface area contributed by atoms with Crippen molar-refractivity contribution in [2.45, 2.75) is 19.3 Å². The molecule has 2 aliphatic rings. The second-order valence-corrected chi connectivity index (χ2v) is 9.79. The van der Waals surface area contributed by atoms with E-state index in [0.29, 0.717) is 56.1 Å². The highest BCUT2D eigenvalue weighted by atomic mass is 19.1. The summed E-state index contributed by atoms with van der Waals surface area (Å²) >= 11 is 0. The van der Waals surface area contributed by atoms with Gasteiger partial charge in [-0.05, 0) is 61.7 Å². The summed E-state index contributed by atoms with van der Waals surface area (Å²) in [6.45, 7) is 3.29. The second kappa shape index (κ2) is 12.0. The molecule has 0 bridgehead atoms. The number of anilines is 3. The van der Waals surface area contributed by atoms with E-state index in [1.165, 1.54) is 12.1 Å². The molecular formula is C30H32FN5O3. The van der Waals surface area contributed by atoms with Gasteiger partial charge in [0.2, 0.25) is 0 Å². The monoisotopic (exact) mass is 529 g/mol. The van der Waals surface area contributed by atoms with Crippen LogP contribution in [0.1, 0.15) is 40.0 Å². The molecule has 5 rings (SSSR count). The average molecular weight is 530 g/mol. The van der Waals surface area contributed by atoms with Gasteiger partial charge >= 0.3 is 6.03 Å². The summed E-state index contributed by atoms with van der Waals surface area (Å²) in [7, 11) is 0. The van der Waals surface area contributed by atoms with Crippen molar-refractivity contribution in [1.29, 1.82) is 0 Å². The molecule has 4 amide bonds. The highest BCUT2D eigenvalue weighted by molar-refractivity contribution is 6.06. The number of hydrogen-bond donors (Lipinski definition) is 2. The molecule has 2 fully saturated rings. The van der Waals surface area contributed by atoms with E-state index >= 15 is 0 Å². The molecule has 2 saturated heterocycles. The van der Waals surface area contributed by atoms with Gasteiger partial charge in [-0.25, -0.2) is 9.18 Å². The first kappa shape index (κ1) is 26.2. The molecule has 8 nitrogen and oxygen atoms in total. The lowest BCUT2D eigenvalue weighted by molar-refractivity contribution is 0.0724. The van der Waals surface area contributed by atoms with E-state index in [1.54, 1.807) is 53.4 Å². The molecule has 202 valence electrons. The third-order valence-corrected chi connectivity index (χ3v) is 7.19. The molecule has 2 heterocycles. The van der Waals surface area contributed by atoms with Crippen LogP contribution in [0.5, 0.6) is 0 Å². The van der Waals surface area contributed by atoms with Gasteiger partial charge < -0.3 is 25.3 Å².